The van der Waals surface area contributed by atoms with E-state index in [-0.39, 0.29) is 17.9 Å². The minimum absolute atomic E-state index is 0.0541. The Morgan fingerprint density at radius 2 is 2.15 bits per heavy atom. The molecule has 7 heteroatoms. The lowest BCUT2D eigenvalue weighted by Crippen LogP contribution is -2.34. The molecule has 6 nitrogen and oxygen atoms in total. The monoisotopic (exact) mass is 388 g/mol. The third kappa shape index (κ3) is 4.77. The van der Waals surface area contributed by atoms with E-state index < -0.39 is 10.9 Å². The summed E-state index contributed by atoms with van der Waals surface area (Å²) >= 11 is 5.91. The summed E-state index contributed by atoms with van der Waals surface area (Å²) in [5.74, 6) is -0.114. The van der Waals surface area contributed by atoms with Gasteiger partial charge in [-0.15, -0.1) is 0 Å². The van der Waals surface area contributed by atoms with Crippen LogP contribution in [0.2, 0.25) is 5.02 Å². The smallest absolute Gasteiger partial charge is 0.338 e. The Morgan fingerprint density at radius 1 is 1.33 bits per heavy atom. The Morgan fingerprint density at radius 3 is 2.85 bits per heavy atom. The highest BCUT2D eigenvalue weighted by Crippen LogP contribution is 2.32. The van der Waals surface area contributed by atoms with Gasteiger partial charge in [-0.1, -0.05) is 30.7 Å². The highest BCUT2D eigenvalue weighted by molar-refractivity contribution is 6.30. The van der Waals surface area contributed by atoms with Crippen LogP contribution in [0.4, 0.5) is 11.4 Å². The van der Waals surface area contributed by atoms with Crippen LogP contribution in [0.1, 0.15) is 35.7 Å². The number of halogens is 1. The summed E-state index contributed by atoms with van der Waals surface area (Å²) in [6, 6.07) is 11.5. The number of carbonyl (C=O) groups is 1. The summed E-state index contributed by atoms with van der Waals surface area (Å²) in [5.41, 5.74) is 1.40. The Balaban J connectivity index is 1.76. The van der Waals surface area contributed by atoms with E-state index in [0.717, 1.165) is 31.5 Å². The maximum absolute atomic E-state index is 12.3. The number of nitro groups is 1. The van der Waals surface area contributed by atoms with Gasteiger partial charge in [0.1, 0.15) is 12.3 Å². The summed E-state index contributed by atoms with van der Waals surface area (Å²) < 4.78 is 5.27. The largest absolute Gasteiger partial charge is 0.457 e. The molecule has 1 fully saturated rings. The Hall–Kier alpha value is -2.60. The molecule has 27 heavy (non-hydrogen) atoms. The zero-order valence-electron chi connectivity index (χ0n) is 15.1. The summed E-state index contributed by atoms with van der Waals surface area (Å²) in [4.78, 5) is 25.5. The Bertz CT molecular complexity index is 856. The number of ether oxygens (including phenoxy) is 1. The molecule has 1 atom stereocenters. The van der Waals surface area contributed by atoms with Gasteiger partial charge in [-0.2, -0.15) is 0 Å². The van der Waals surface area contributed by atoms with Gasteiger partial charge in [0.2, 0.25) is 0 Å². The fourth-order valence-electron chi connectivity index (χ4n) is 3.33. The molecule has 2 aromatic rings. The molecular weight excluding hydrogens is 368 g/mol. The standard InChI is InChI=1S/C20H21ClN2O4/c1-14-4-3-9-22(12-14)18-8-7-16(11-19(18)23(25)26)20(24)27-13-15-5-2-6-17(21)10-15/h2,5-8,10-11,14H,3-4,9,12-13H2,1H3/t14-/m1/s1. The van der Waals surface area contributed by atoms with Gasteiger partial charge in [0.05, 0.1) is 10.5 Å². The fraction of sp³-hybridized carbons (Fsp3) is 0.350. The lowest BCUT2D eigenvalue weighted by Gasteiger charge is -2.32. The zero-order valence-corrected chi connectivity index (χ0v) is 15.8. The number of nitrogens with zero attached hydrogens (tertiary/aromatic N) is 2. The molecule has 0 unspecified atom stereocenters. The van der Waals surface area contributed by atoms with E-state index >= 15 is 0 Å². The first-order valence-corrected chi connectivity index (χ1v) is 9.27. The van der Waals surface area contributed by atoms with E-state index in [1.54, 1.807) is 36.4 Å². The predicted octanol–water partition coefficient (Wildman–Crippen LogP) is 4.84. The number of carbonyl (C=O) groups excluding carboxylic acids is 1. The molecule has 3 rings (SSSR count). The second kappa shape index (κ2) is 8.39. The first-order valence-electron chi connectivity index (χ1n) is 8.89. The van der Waals surface area contributed by atoms with E-state index in [1.807, 2.05) is 4.90 Å². The van der Waals surface area contributed by atoms with Crippen LogP contribution in [0.5, 0.6) is 0 Å². The van der Waals surface area contributed by atoms with Crippen LogP contribution in [0.15, 0.2) is 42.5 Å². The van der Waals surface area contributed by atoms with Crippen molar-refractivity contribution in [2.24, 2.45) is 5.92 Å². The third-order valence-electron chi connectivity index (χ3n) is 4.66. The average molecular weight is 389 g/mol. The molecule has 0 spiro atoms. The van der Waals surface area contributed by atoms with Crippen LogP contribution in [0, 0.1) is 16.0 Å². The quantitative estimate of drug-likeness (QED) is 0.416. The predicted molar refractivity (Wildman–Crippen MR) is 104 cm³/mol. The van der Waals surface area contributed by atoms with Crippen molar-refractivity contribution in [2.45, 2.75) is 26.4 Å². The number of rotatable bonds is 5. The second-order valence-corrected chi connectivity index (χ2v) is 7.30. The summed E-state index contributed by atoms with van der Waals surface area (Å²) in [5, 5.41) is 12.1. The highest BCUT2D eigenvalue weighted by Gasteiger charge is 2.25. The van der Waals surface area contributed by atoms with Crippen LogP contribution in [0.25, 0.3) is 0 Å². The van der Waals surface area contributed by atoms with Crippen molar-refractivity contribution < 1.29 is 14.5 Å². The van der Waals surface area contributed by atoms with E-state index in [9.17, 15) is 14.9 Å². The van der Waals surface area contributed by atoms with E-state index in [1.165, 1.54) is 6.07 Å². The fourth-order valence-corrected chi connectivity index (χ4v) is 3.54. The van der Waals surface area contributed by atoms with Gasteiger partial charge in [-0.3, -0.25) is 10.1 Å². The van der Waals surface area contributed by atoms with Crippen molar-refractivity contribution in [1.82, 2.24) is 0 Å². The minimum Gasteiger partial charge on any atom is -0.457 e. The summed E-state index contributed by atoms with van der Waals surface area (Å²) in [7, 11) is 0. The van der Waals surface area contributed by atoms with Gasteiger partial charge in [-0.25, -0.2) is 4.79 Å². The van der Waals surface area contributed by atoms with Crippen molar-refractivity contribution in [1.29, 1.82) is 0 Å². The van der Waals surface area contributed by atoms with E-state index in [4.69, 9.17) is 16.3 Å². The van der Waals surface area contributed by atoms with Crippen LogP contribution < -0.4 is 4.90 Å². The van der Waals surface area contributed by atoms with E-state index in [2.05, 4.69) is 6.92 Å². The minimum atomic E-state index is -0.600. The number of esters is 1. The number of anilines is 1. The number of hydrogen-bond acceptors (Lipinski definition) is 5. The van der Waals surface area contributed by atoms with Gasteiger partial charge in [0.25, 0.3) is 5.69 Å². The molecule has 0 bridgehead atoms. The van der Waals surface area contributed by atoms with Gasteiger partial charge < -0.3 is 9.64 Å². The van der Waals surface area contributed by atoms with Crippen molar-refractivity contribution in [2.75, 3.05) is 18.0 Å². The maximum Gasteiger partial charge on any atom is 0.338 e. The van der Waals surface area contributed by atoms with Gasteiger partial charge in [-0.05, 0) is 48.6 Å². The lowest BCUT2D eigenvalue weighted by molar-refractivity contribution is -0.384. The molecule has 0 saturated carbocycles. The van der Waals surface area contributed by atoms with Crippen molar-refractivity contribution in [3.05, 3.63) is 68.7 Å². The van der Waals surface area contributed by atoms with Crippen molar-refractivity contribution >= 4 is 28.9 Å². The van der Waals surface area contributed by atoms with E-state index in [0.29, 0.717) is 16.6 Å². The lowest BCUT2D eigenvalue weighted by atomic mass is 9.99. The molecule has 1 aliphatic heterocycles. The number of piperidine rings is 1. The van der Waals surface area contributed by atoms with Gasteiger partial charge in [0, 0.05) is 24.2 Å². The SMILES string of the molecule is C[C@@H]1CCCN(c2ccc(C(=O)OCc3cccc(Cl)c3)cc2[N+](=O)[O-])C1. The van der Waals surface area contributed by atoms with Crippen LogP contribution in [0.3, 0.4) is 0 Å². The zero-order chi connectivity index (χ0) is 19.4. The normalized spacial score (nSPS) is 16.8. The van der Waals surface area contributed by atoms with Gasteiger partial charge in [0.15, 0.2) is 0 Å². The molecule has 0 radical (unpaired) electrons. The first-order chi connectivity index (χ1) is 12.9. The summed E-state index contributed by atoms with van der Waals surface area (Å²) in [6.45, 7) is 3.75. The first kappa shape index (κ1) is 19.2. The van der Waals surface area contributed by atoms with Crippen molar-refractivity contribution in [3.63, 3.8) is 0 Å². The van der Waals surface area contributed by atoms with Crippen LogP contribution >= 0.6 is 11.6 Å². The molecule has 0 aromatic heterocycles. The molecular formula is C20H21ClN2O4. The molecule has 0 N–H and O–H groups in total. The molecule has 2 aromatic carbocycles. The van der Waals surface area contributed by atoms with Gasteiger partial charge >= 0.3 is 5.97 Å². The molecule has 1 aliphatic rings. The Labute approximate surface area is 162 Å². The maximum atomic E-state index is 12.3. The average Bonchev–Trinajstić information content (AvgIpc) is 2.65. The molecule has 142 valence electrons. The molecule has 1 saturated heterocycles. The number of nitro benzene ring substituents is 1. The molecule has 0 aliphatic carbocycles. The van der Waals surface area contributed by atoms with Crippen LogP contribution in [-0.4, -0.2) is 24.0 Å². The summed E-state index contributed by atoms with van der Waals surface area (Å²) in [6.07, 6.45) is 2.12. The Kier molecular flexibility index (Phi) is 5.96. The number of benzene rings is 2. The molecule has 0 amide bonds. The highest BCUT2D eigenvalue weighted by atomic mass is 35.5. The molecule has 1 heterocycles. The van der Waals surface area contributed by atoms with Crippen molar-refractivity contribution in [3.8, 4) is 0 Å². The topological polar surface area (TPSA) is 72.7 Å². The third-order valence-corrected chi connectivity index (χ3v) is 4.90. The van der Waals surface area contributed by atoms with Crippen LogP contribution in [-0.2, 0) is 11.3 Å². The number of hydrogen-bond donors (Lipinski definition) is 0. The second-order valence-electron chi connectivity index (χ2n) is 6.86.